The third kappa shape index (κ3) is 7.42. The van der Waals surface area contributed by atoms with Crippen LogP contribution in [0, 0.1) is 11.8 Å². The third-order valence-corrected chi connectivity index (χ3v) is 6.42. The fourth-order valence-corrected chi connectivity index (χ4v) is 4.70. The van der Waals surface area contributed by atoms with Gasteiger partial charge in [0.15, 0.2) is 0 Å². The van der Waals surface area contributed by atoms with Crippen LogP contribution in [0.15, 0.2) is 35.6 Å². The summed E-state index contributed by atoms with van der Waals surface area (Å²) in [5.74, 6) is 1.48. The van der Waals surface area contributed by atoms with E-state index in [1.54, 1.807) is 0 Å². The Morgan fingerprint density at radius 3 is 1.84 bits per heavy atom. The monoisotopic (exact) mass is 343 g/mol. The Balaban J connectivity index is 1.93. The van der Waals surface area contributed by atoms with Crippen molar-refractivity contribution in [2.45, 2.75) is 103 Å². The van der Waals surface area contributed by atoms with Crippen molar-refractivity contribution in [1.29, 1.82) is 0 Å². The standard InChI is InChI=1S/C24H41N/c1-3-22(19-21-14-10-6-4-7-11-15-21)24(25)18-20(2)23-16-12-8-5-9-13-17-23/h3,18,21,23H,2,4-17,19,25H2,1H3/b22-3-,24-18+. The molecule has 0 saturated heterocycles. The zero-order chi connectivity index (χ0) is 17.9. The summed E-state index contributed by atoms with van der Waals surface area (Å²) in [6.07, 6.45) is 25.0. The number of nitrogens with two attached hydrogens (primary N) is 1. The highest BCUT2D eigenvalue weighted by Gasteiger charge is 2.16. The minimum absolute atomic E-state index is 0.651. The number of hydrogen-bond acceptors (Lipinski definition) is 1. The fraction of sp³-hybridized carbons (Fsp3) is 0.750. The van der Waals surface area contributed by atoms with Crippen molar-refractivity contribution in [3.63, 3.8) is 0 Å². The van der Waals surface area contributed by atoms with Crippen LogP contribution in [0.5, 0.6) is 0 Å². The highest BCUT2D eigenvalue weighted by atomic mass is 14.6. The smallest absolute Gasteiger partial charge is 0.0346 e. The Hall–Kier alpha value is -0.980. The summed E-state index contributed by atoms with van der Waals surface area (Å²) in [6.45, 7) is 6.55. The molecule has 0 aromatic rings. The predicted octanol–water partition coefficient (Wildman–Crippen LogP) is 7.44. The van der Waals surface area contributed by atoms with E-state index in [0.717, 1.165) is 18.0 Å². The quantitative estimate of drug-likeness (QED) is 0.516. The van der Waals surface area contributed by atoms with Crippen LogP contribution < -0.4 is 5.73 Å². The average Bonchev–Trinajstić information content (AvgIpc) is 2.53. The average molecular weight is 344 g/mol. The zero-order valence-electron chi connectivity index (χ0n) is 16.7. The third-order valence-electron chi connectivity index (χ3n) is 6.42. The van der Waals surface area contributed by atoms with Gasteiger partial charge in [0.25, 0.3) is 0 Å². The van der Waals surface area contributed by atoms with Crippen LogP contribution >= 0.6 is 0 Å². The van der Waals surface area contributed by atoms with Gasteiger partial charge in [0.1, 0.15) is 0 Å². The molecule has 0 atom stereocenters. The number of allylic oxidation sites excluding steroid dienone is 4. The number of rotatable bonds is 5. The van der Waals surface area contributed by atoms with Crippen LogP contribution in [0.3, 0.4) is 0 Å². The van der Waals surface area contributed by atoms with Gasteiger partial charge in [0, 0.05) is 5.70 Å². The van der Waals surface area contributed by atoms with Crippen LogP contribution in [0.4, 0.5) is 0 Å². The Kier molecular flexibility index (Phi) is 9.43. The van der Waals surface area contributed by atoms with E-state index in [0.29, 0.717) is 5.92 Å². The molecule has 2 fully saturated rings. The highest BCUT2D eigenvalue weighted by Crippen LogP contribution is 2.31. The Morgan fingerprint density at radius 1 is 0.840 bits per heavy atom. The van der Waals surface area contributed by atoms with E-state index >= 15 is 0 Å². The molecule has 2 saturated carbocycles. The van der Waals surface area contributed by atoms with Gasteiger partial charge in [-0.25, -0.2) is 0 Å². The van der Waals surface area contributed by atoms with Gasteiger partial charge in [-0.1, -0.05) is 95.3 Å². The van der Waals surface area contributed by atoms with E-state index < -0.39 is 0 Å². The van der Waals surface area contributed by atoms with Crippen molar-refractivity contribution in [3.05, 3.63) is 35.6 Å². The van der Waals surface area contributed by atoms with Gasteiger partial charge in [-0.15, -0.1) is 0 Å². The number of hydrogen-bond donors (Lipinski definition) is 1. The molecule has 0 aliphatic heterocycles. The van der Waals surface area contributed by atoms with Gasteiger partial charge < -0.3 is 5.73 Å². The Morgan fingerprint density at radius 2 is 1.32 bits per heavy atom. The minimum Gasteiger partial charge on any atom is -0.399 e. The lowest BCUT2D eigenvalue weighted by Crippen LogP contribution is -2.11. The second-order valence-corrected chi connectivity index (χ2v) is 8.45. The highest BCUT2D eigenvalue weighted by molar-refractivity contribution is 5.35. The van der Waals surface area contributed by atoms with Crippen LogP contribution in [-0.4, -0.2) is 0 Å². The SMILES string of the molecule is C=C(/C=C(N)\C(=C/C)CC1CCCCCCC1)C1CCCCCCC1. The second-order valence-electron chi connectivity index (χ2n) is 8.45. The summed E-state index contributed by atoms with van der Waals surface area (Å²) in [5.41, 5.74) is 10.1. The van der Waals surface area contributed by atoms with Crippen LogP contribution in [0.1, 0.15) is 103 Å². The van der Waals surface area contributed by atoms with Gasteiger partial charge in [0.05, 0.1) is 0 Å². The first-order valence-electron chi connectivity index (χ1n) is 11.0. The molecule has 2 aliphatic rings. The molecule has 0 aromatic carbocycles. The molecule has 1 nitrogen and oxygen atoms in total. The Labute approximate surface area is 156 Å². The minimum atomic E-state index is 0.651. The van der Waals surface area contributed by atoms with E-state index in [9.17, 15) is 0 Å². The van der Waals surface area contributed by atoms with Crippen LogP contribution in [-0.2, 0) is 0 Å². The maximum atomic E-state index is 6.53. The second kappa shape index (κ2) is 11.6. The molecule has 0 radical (unpaired) electrons. The van der Waals surface area contributed by atoms with Crippen LogP contribution in [0.25, 0.3) is 0 Å². The molecule has 2 aliphatic carbocycles. The summed E-state index contributed by atoms with van der Waals surface area (Å²) < 4.78 is 0. The zero-order valence-corrected chi connectivity index (χ0v) is 16.7. The lowest BCUT2D eigenvalue weighted by molar-refractivity contribution is 0.376. The topological polar surface area (TPSA) is 26.0 Å². The molecule has 0 spiro atoms. The lowest BCUT2D eigenvalue weighted by atomic mass is 9.84. The van der Waals surface area contributed by atoms with Crippen molar-refractivity contribution >= 4 is 0 Å². The molecular weight excluding hydrogens is 302 g/mol. The summed E-state index contributed by atoms with van der Waals surface area (Å²) in [7, 11) is 0. The molecule has 142 valence electrons. The van der Waals surface area contributed by atoms with E-state index in [1.807, 2.05) is 0 Å². The Bertz CT molecular complexity index is 441. The van der Waals surface area contributed by atoms with E-state index in [1.165, 1.54) is 101 Å². The molecule has 0 bridgehead atoms. The largest absolute Gasteiger partial charge is 0.399 e. The van der Waals surface area contributed by atoms with Crippen LogP contribution in [0.2, 0.25) is 0 Å². The van der Waals surface area contributed by atoms with Crippen molar-refractivity contribution in [3.8, 4) is 0 Å². The van der Waals surface area contributed by atoms with Gasteiger partial charge in [0.2, 0.25) is 0 Å². The van der Waals surface area contributed by atoms with E-state index in [4.69, 9.17) is 5.73 Å². The van der Waals surface area contributed by atoms with Gasteiger partial charge in [-0.05, 0) is 49.7 Å². The molecule has 2 rings (SSSR count). The molecular formula is C24H41N. The van der Waals surface area contributed by atoms with Gasteiger partial charge in [-0.3, -0.25) is 0 Å². The summed E-state index contributed by atoms with van der Waals surface area (Å²) in [5, 5.41) is 0. The fourth-order valence-electron chi connectivity index (χ4n) is 4.70. The molecule has 1 heteroatoms. The van der Waals surface area contributed by atoms with Crippen molar-refractivity contribution < 1.29 is 0 Å². The van der Waals surface area contributed by atoms with E-state index in [2.05, 4.69) is 25.7 Å². The summed E-state index contributed by atoms with van der Waals surface area (Å²) in [6, 6.07) is 0. The molecule has 0 aromatic heterocycles. The van der Waals surface area contributed by atoms with Gasteiger partial charge in [-0.2, -0.15) is 0 Å². The predicted molar refractivity (Wildman–Crippen MR) is 111 cm³/mol. The molecule has 25 heavy (non-hydrogen) atoms. The van der Waals surface area contributed by atoms with Gasteiger partial charge >= 0.3 is 0 Å². The molecule has 2 N–H and O–H groups in total. The normalized spacial score (nSPS) is 23.4. The molecule has 0 heterocycles. The molecule has 0 amide bonds. The van der Waals surface area contributed by atoms with E-state index in [-0.39, 0.29) is 0 Å². The molecule has 0 unspecified atom stereocenters. The lowest BCUT2D eigenvalue weighted by Gasteiger charge is -2.23. The maximum Gasteiger partial charge on any atom is 0.0346 e. The van der Waals surface area contributed by atoms with Crippen molar-refractivity contribution in [2.75, 3.05) is 0 Å². The first-order chi connectivity index (χ1) is 12.2. The van der Waals surface area contributed by atoms with Crippen molar-refractivity contribution in [1.82, 2.24) is 0 Å². The maximum absolute atomic E-state index is 6.53. The first-order valence-corrected chi connectivity index (χ1v) is 11.0. The summed E-state index contributed by atoms with van der Waals surface area (Å²) in [4.78, 5) is 0. The van der Waals surface area contributed by atoms with Crippen molar-refractivity contribution in [2.24, 2.45) is 17.6 Å². The summed E-state index contributed by atoms with van der Waals surface area (Å²) >= 11 is 0. The first kappa shape index (κ1) is 20.3.